The van der Waals surface area contributed by atoms with Crippen LogP contribution in [0, 0.1) is 5.41 Å². The summed E-state index contributed by atoms with van der Waals surface area (Å²) in [4.78, 5) is 9.45. The van der Waals surface area contributed by atoms with Crippen LogP contribution in [-0.4, -0.2) is 67.7 Å². The number of nitrogens with one attached hydrogen (secondary N) is 1. The summed E-state index contributed by atoms with van der Waals surface area (Å²) in [5.41, 5.74) is 1.71. The topological polar surface area (TPSA) is 40.1 Å². The predicted octanol–water partition coefficient (Wildman–Crippen LogP) is 2.58. The fourth-order valence-corrected chi connectivity index (χ4v) is 3.83. The minimum absolute atomic E-state index is 0.272. The second-order valence-electron chi connectivity index (χ2n) is 8.62. The molecule has 0 amide bonds. The van der Waals surface area contributed by atoms with Crippen molar-refractivity contribution in [2.24, 2.45) is 10.4 Å². The van der Waals surface area contributed by atoms with Crippen molar-refractivity contribution in [3.8, 4) is 0 Å². The molecule has 2 unspecified atom stereocenters. The standard InChI is InChI=1S/C21H34N4O/c1-21(2,3)10-11-23-20(22-4)25-15-18-19(16-25)26-13-12-24(18)14-17-8-6-5-7-9-17/h5-9,18-19H,10-16H2,1-4H3,(H,22,23). The number of fused-ring (bicyclic) bond motifs is 1. The summed E-state index contributed by atoms with van der Waals surface area (Å²) in [6, 6.07) is 11.2. The minimum Gasteiger partial charge on any atom is -0.373 e. The number of hydrogen-bond acceptors (Lipinski definition) is 3. The highest BCUT2D eigenvalue weighted by Gasteiger charge is 2.41. The molecule has 26 heavy (non-hydrogen) atoms. The first-order chi connectivity index (χ1) is 12.5. The van der Waals surface area contributed by atoms with Gasteiger partial charge >= 0.3 is 0 Å². The van der Waals surface area contributed by atoms with Gasteiger partial charge in [-0.1, -0.05) is 51.1 Å². The van der Waals surface area contributed by atoms with Gasteiger partial charge in [-0.3, -0.25) is 9.89 Å². The zero-order chi connectivity index (χ0) is 18.6. The third-order valence-corrected chi connectivity index (χ3v) is 5.31. The molecule has 0 spiro atoms. The number of morpholine rings is 1. The van der Waals surface area contributed by atoms with Gasteiger partial charge in [-0.25, -0.2) is 0 Å². The van der Waals surface area contributed by atoms with E-state index in [1.165, 1.54) is 5.56 Å². The molecule has 3 rings (SSSR count). The monoisotopic (exact) mass is 358 g/mol. The van der Waals surface area contributed by atoms with Crippen LogP contribution in [0.1, 0.15) is 32.8 Å². The van der Waals surface area contributed by atoms with Gasteiger partial charge in [0.1, 0.15) is 0 Å². The first-order valence-corrected chi connectivity index (χ1v) is 9.81. The Bertz CT molecular complexity index is 596. The number of guanidine groups is 1. The maximum absolute atomic E-state index is 6.09. The predicted molar refractivity (Wildman–Crippen MR) is 107 cm³/mol. The molecule has 2 fully saturated rings. The smallest absolute Gasteiger partial charge is 0.193 e. The average molecular weight is 359 g/mol. The number of hydrogen-bond donors (Lipinski definition) is 1. The molecule has 5 heteroatoms. The van der Waals surface area contributed by atoms with Crippen LogP contribution in [0.15, 0.2) is 35.3 Å². The number of aliphatic imine (C=N–C) groups is 1. The molecule has 2 aliphatic heterocycles. The van der Waals surface area contributed by atoms with Crippen molar-refractivity contribution >= 4 is 5.96 Å². The number of nitrogens with zero attached hydrogens (tertiary/aromatic N) is 3. The number of rotatable bonds is 4. The fraction of sp³-hybridized carbons (Fsp3) is 0.667. The molecule has 2 aliphatic rings. The highest BCUT2D eigenvalue weighted by molar-refractivity contribution is 5.80. The summed E-state index contributed by atoms with van der Waals surface area (Å²) in [6.07, 6.45) is 1.40. The Morgan fingerprint density at radius 1 is 1.23 bits per heavy atom. The van der Waals surface area contributed by atoms with E-state index in [-0.39, 0.29) is 6.10 Å². The van der Waals surface area contributed by atoms with Gasteiger partial charge in [0.15, 0.2) is 5.96 Å². The van der Waals surface area contributed by atoms with Crippen LogP contribution in [0.3, 0.4) is 0 Å². The van der Waals surface area contributed by atoms with Crippen LogP contribution in [-0.2, 0) is 11.3 Å². The number of likely N-dealkylation sites (tertiary alicyclic amines) is 1. The molecule has 0 saturated carbocycles. The molecule has 0 aromatic heterocycles. The van der Waals surface area contributed by atoms with E-state index >= 15 is 0 Å². The molecule has 2 heterocycles. The average Bonchev–Trinajstić information content (AvgIpc) is 3.04. The molecule has 2 atom stereocenters. The van der Waals surface area contributed by atoms with E-state index in [9.17, 15) is 0 Å². The summed E-state index contributed by atoms with van der Waals surface area (Å²) in [5, 5.41) is 3.54. The zero-order valence-corrected chi connectivity index (χ0v) is 16.7. The summed E-state index contributed by atoms with van der Waals surface area (Å²) >= 11 is 0. The molecular formula is C21H34N4O. The first-order valence-electron chi connectivity index (χ1n) is 9.81. The molecule has 5 nitrogen and oxygen atoms in total. The Balaban J connectivity index is 1.59. The molecule has 0 aliphatic carbocycles. The third-order valence-electron chi connectivity index (χ3n) is 5.31. The third kappa shape index (κ3) is 4.98. The van der Waals surface area contributed by atoms with Crippen LogP contribution in [0.2, 0.25) is 0 Å². The molecule has 0 bridgehead atoms. The van der Waals surface area contributed by atoms with Gasteiger partial charge in [0.2, 0.25) is 0 Å². The van der Waals surface area contributed by atoms with E-state index in [0.717, 1.165) is 51.7 Å². The van der Waals surface area contributed by atoms with Crippen LogP contribution < -0.4 is 5.32 Å². The first kappa shape index (κ1) is 19.2. The van der Waals surface area contributed by atoms with Gasteiger partial charge in [0.05, 0.1) is 18.8 Å². The Morgan fingerprint density at radius 2 is 2.00 bits per heavy atom. The molecule has 1 N–H and O–H groups in total. The molecule has 1 aromatic rings. The van der Waals surface area contributed by atoms with E-state index in [0.29, 0.717) is 11.5 Å². The Labute approximate surface area is 158 Å². The summed E-state index contributed by atoms with van der Waals surface area (Å²) in [5.74, 6) is 1.01. The van der Waals surface area contributed by atoms with E-state index in [4.69, 9.17) is 4.74 Å². The van der Waals surface area contributed by atoms with Crippen molar-refractivity contribution in [1.82, 2.24) is 15.1 Å². The van der Waals surface area contributed by atoms with E-state index < -0.39 is 0 Å². The minimum atomic E-state index is 0.272. The van der Waals surface area contributed by atoms with Crippen LogP contribution >= 0.6 is 0 Å². The maximum atomic E-state index is 6.09. The van der Waals surface area contributed by atoms with Gasteiger partial charge in [0.25, 0.3) is 0 Å². The molecule has 1 aromatic carbocycles. The lowest BCUT2D eigenvalue weighted by Gasteiger charge is -2.36. The Morgan fingerprint density at radius 3 is 2.69 bits per heavy atom. The number of benzene rings is 1. The summed E-state index contributed by atoms with van der Waals surface area (Å²) in [6.45, 7) is 12.5. The lowest BCUT2D eigenvalue weighted by Crippen LogP contribution is -2.50. The molecular weight excluding hydrogens is 324 g/mol. The molecule has 2 saturated heterocycles. The van der Waals surface area contributed by atoms with E-state index in [1.807, 2.05) is 7.05 Å². The van der Waals surface area contributed by atoms with Gasteiger partial charge < -0.3 is 15.0 Å². The van der Waals surface area contributed by atoms with Crippen molar-refractivity contribution < 1.29 is 4.74 Å². The molecule has 0 radical (unpaired) electrons. The van der Waals surface area contributed by atoms with Crippen molar-refractivity contribution in [1.29, 1.82) is 0 Å². The lowest BCUT2D eigenvalue weighted by atomic mass is 9.92. The normalized spacial score (nSPS) is 24.6. The summed E-state index contributed by atoms with van der Waals surface area (Å²) < 4.78 is 6.09. The largest absolute Gasteiger partial charge is 0.373 e. The van der Waals surface area contributed by atoms with Gasteiger partial charge in [-0.15, -0.1) is 0 Å². The fourth-order valence-electron chi connectivity index (χ4n) is 3.83. The lowest BCUT2D eigenvalue weighted by molar-refractivity contribution is -0.0502. The second kappa shape index (κ2) is 8.40. The van der Waals surface area contributed by atoms with Gasteiger partial charge in [-0.05, 0) is 17.4 Å². The highest BCUT2D eigenvalue weighted by atomic mass is 16.5. The van der Waals surface area contributed by atoms with Crippen LogP contribution in [0.25, 0.3) is 0 Å². The SMILES string of the molecule is CN=C(NCCC(C)(C)C)N1CC2OCCN(Cc3ccccc3)C2C1. The molecule has 144 valence electrons. The van der Waals surface area contributed by atoms with Crippen LogP contribution in [0.4, 0.5) is 0 Å². The Hall–Kier alpha value is -1.59. The maximum Gasteiger partial charge on any atom is 0.193 e. The van der Waals surface area contributed by atoms with Crippen molar-refractivity contribution in [2.75, 3.05) is 39.8 Å². The van der Waals surface area contributed by atoms with Crippen molar-refractivity contribution in [3.05, 3.63) is 35.9 Å². The number of ether oxygens (including phenoxy) is 1. The quantitative estimate of drug-likeness (QED) is 0.663. The van der Waals surface area contributed by atoms with Crippen molar-refractivity contribution in [3.63, 3.8) is 0 Å². The Kier molecular flexibility index (Phi) is 6.20. The van der Waals surface area contributed by atoms with Gasteiger partial charge in [-0.2, -0.15) is 0 Å². The van der Waals surface area contributed by atoms with Gasteiger partial charge in [0, 0.05) is 39.8 Å². The summed E-state index contributed by atoms with van der Waals surface area (Å²) in [7, 11) is 1.88. The zero-order valence-electron chi connectivity index (χ0n) is 16.7. The second-order valence-corrected chi connectivity index (χ2v) is 8.62. The van der Waals surface area contributed by atoms with E-state index in [2.05, 4.69) is 71.2 Å². The van der Waals surface area contributed by atoms with E-state index in [1.54, 1.807) is 0 Å². The highest BCUT2D eigenvalue weighted by Crippen LogP contribution is 2.25. The van der Waals surface area contributed by atoms with Crippen LogP contribution in [0.5, 0.6) is 0 Å². The van der Waals surface area contributed by atoms with Crippen molar-refractivity contribution in [2.45, 2.75) is 45.9 Å².